The fourth-order valence-electron chi connectivity index (χ4n) is 2.87. The molecule has 1 unspecified atom stereocenters. The molecule has 0 spiro atoms. The number of rotatable bonds is 9. The first-order valence-corrected chi connectivity index (χ1v) is 10.1. The molecular weight excluding hydrogens is 308 g/mol. The highest BCUT2D eigenvalue weighted by Crippen LogP contribution is 2.27. The Balaban J connectivity index is 2.37. The van der Waals surface area contributed by atoms with Crippen LogP contribution in [0, 0.1) is 0 Å². The highest BCUT2D eigenvalue weighted by molar-refractivity contribution is 7.99. The van der Waals surface area contributed by atoms with Crippen LogP contribution in [0.4, 0.5) is 0 Å². The van der Waals surface area contributed by atoms with Crippen molar-refractivity contribution in [2.75, 3.05) is 37.7 Å². The van der Waals surface area contributed by atoms with Gasteiger partial charge in [0, 0.05) is 37.5 Å². The zero-order chi connectivity index (χ0) is 17.3. The van der Waals surface area contributed by atoms with Gasteiger partial charge in [-0.05, 0) is 53.2 Å². The molecular formula is C17H36N4OS. The molecule has 0 radical (unpaired) electrons. The molecule has 1 heterocycles. The largest absolute Gasteiger partial charge is 0.387 e. The van der Waals surface area contributed by atoms with Crippen molar-refractivity contribution in [1.82, 2.24) is 15.5 Å². The summed E-state index contributed by atoms with van der Waals surface area (Å²) in [4.78, 5) is 7.08. The Morgan fingerprint density at radius 2 is 1.96 bits per heavy atom. The lowest BCUT2D eigenvalue weighted by Crippen LogP contribution is -2.42. The Bertz CT molecular complexity index is 347. The quantitative estimate of drug-likeness (QED) is 0.339. The van der Waals surface area contributed by atoms with Crippen LogP contribution in [0.25, 0.3) is 0 Å². The second kappa shape index (κ2) is 10.4. The molecule has 1 atom stereocenters. The zero-order valence-corrected chi connectivity index (χ0v) is 16.4. The van der Waals surface area contributed by atoms with E-state index < -0.39 is 5.60 Å². The Morgan fingerprint density at radius 1 is 1.26 bits per heavy atom. The fourth-order valence-corrected chi connectivity index (χ4v) is 4.15. The van der Waals surface area contributed by atoms with Gasteiger partial charge in [-0.1, -0.05) is 0 Å². The first-order chi connectivity index (χ1) is 10.9. The molecule has 1 rings (SSSR count). The van der Waals surface area contributed by atoms with Gasteiger partial charge in [-0.15, -0.1) is 0 Å². The smallest absolute Gasteiger partial charge is 0.191 e. The maximum Gasteiger partial charge on any atom is 0.191 e. The highest BCUT2D eigenvalue weighted by Gasteiger charge is 2.31. The van der Waals surface area contributed by atoms with Crippen LogP contribution >= 0.6 is 11.8 Å². The van der Waals surface area contributed by atoms with Crippen molar-refractivity contribution in [3.8, 4) is 0 Å². The molecule has 136 valence electrons. The number of aliphatic hydroxyl groups is 1. The molecule has 0 aromatic heterocycles. The Labute approximate surface area is 146 Å². The van der Waals surface area contributed by atoms with Crippen LogP contribution in [-0.2, 0) is 0 Å². The molecule has 0 aromatic rings. The summed E-state index contributed by atoms with van der Waals surface area (Å²) in [5.74, 6) is 2.66. The summed E-state index contributed by atoms with van der Waals surface area (Å²) in [6, 6.07) is 1.15. The Morgan fingerprint density at radius 3 is 2.48 bits per heavy atom. The molecule has 23 heavy (non-hydrogen) atoms. The number of nitrogens with one attached hydrogen (secondary N) is 2. The predicted octanol–water partition coefficient (Wildman–Crippen LogP) is 1.92. The van der Waals surface area contributed by atoms with Crippen molar-refractivity contribution in [3.63, 3.8) is 0 Å². The van der Waals surface area contributed by atoms with E-state index in [9.17, 15) is 5.11 Å². The molecule has 0 saturated carbocycles. The third-order valence-electron chi connectivity index (χ3n) is 4.17. The average molecular weight is 345 g/mol. The third kappa shape index (κ3) is 7.77. The molecule has 0 aliphatic carbocycles. The maximum absolute atomic E-state index is 10.4. The molecule has 1 aliphatic heterocycles. The summed E-state index contributed by atoms with van der Waals surface area (Å²) in [6.45, 7) is 14.4. The van der Waals surface area contributed by atoms with E-state index in [2.05, 4.69) is 55.1 Å². The van der Waals surface area contributed by atoms with Crippen molar-refractivity contribution < 1.29 is 5.11 Å². The van der Waals surface area contributed by atoms with Gasteiger partial charge in [0.25, 0.3) is 0 Å². The minimum atomic E-state index is -0.612. The van der Waals surface area contributed by atoms with E-state index in [4.69, 9.17) is 0 Å². The molecule has 0 bridgehead atoms. The van der Waals surface area contributed by atoms with Gasteiger partial charge in [0.1, 0.15) is 0 Å². The molecule has 0 aromatic carbocycles. The SMILES string of the molecule is CCNC(=NCC1(O)CCSC1)NCCCN(C(C)C)C(C)C. The summed E-state index contributed by atoms with van der Waals surface area (Å²) in [5.41, 5.74) is -0.612. The molecule has 1 saturated heterocycles. The highest BCUT2D eigenvalue weighted by atomic mass is 32.2. The average Bonchev–Trinajstić information content (AvgIpc) is 2.90. The van der Waals surface area contributed by atoms with Crippen LogP contribution in [0.3, 0.4) is 0 Å². The van der Waals surface area contributed by atoms with Crippen LogP contribution in [0.2, 0.25) is 0 Å². The maximum atomic E-state index is 10.4. The van der Waals surface area contributed by atoms with Crippen LogP contribution in [-0.4, -0.2) is 71.3 Å². The number of guanidine groups is 1. The third-order valence-corrected chi connectivity index (χ3v) is 5.40. The van der Waals surface area contributed by atoms with Gasteiger partial charge in [-0.2, -0.15) is 11.8 Å². The lowest BCUT2D eigenvalue weighted by atomic mass is 10.1. The Hall–Kier alpha value is -0.460. The fraction of sp³-hybridized carbons (Fsp3) is 0.941. The molecule has 6 heteroatoms. The molecule has 5 nitrogen and oxygen atoms in total. The number of hydrogen-bond donors (Lipinski definition) is 3. The van der Waals surface area contributed by atoms with E-state index in [1.165, 1.54) is 0 Å². The van der Waals surface area contributed by atoms with Gasteiger partial charge in [0.2, 0.25) is 0 Å². The van der Waals surface area contributed by atoms with E-state index in [0.29, 0.717) is 18.6 Å². The minimum Gasteiger partial charge on any atom is -0.387 e. The number of thioether (sulfide) groups is 1. The second-order valence-electron chi connectivity index (χ2n) is 6.93. The lowest BCUT2D eigenvalue weighted by Gasteiger charge is -2.30. The number of nitrogens with zero attached hydrogens (tertiary/aromatic N) is 2. The molecule has 0 amide bonds. The lowest BCUT2D eigenvalue weighted by molar-refractivity contribution is 0.0778. The van der Waals surface area contributed by atoms with E-state index in [0.717, 1.165) is 49.9 Å². The van der Waals surface area contributed by atoms with Crippen LogP contribution in [0.15, 0.2) is 4.99 Å². The van der Waals surface area contributed by atoms with Crippen molar-refractivity contribution in [3.05, 3.63) is 0 Å². The van der Waals surface area contributed by atoms with Crippen molar-refractivity contribution in [2.45, 2.75) is 65.1 Å². The number of hydrogen-bond acceptors (Lipinski definition) is 4. The molecule has 3 N–H and O–H groups in total. The van der Waals surface area contributed by atoms with Crippen molar-refractivity contribution in [1.29, 1.82) is 0 Å². The van der Waals surface area contributed by atoms with Crippen LogP contribution < -0.4 is 10.6 Å². The second-order valence-corrected chi connectivity index (χ2v) is 8.03. The topological polar surface area (TPSA) is 59.9 Å². The summed E-state index contributed by atoms with van der Waals surface area (Å²) >= 11 is 1.81. The Kier molecular flexibility index (Phi) is 9.32. The summed E-state index contributed by atoms with van der Waals surface area (Å²) in [6.07, 6.45) is 1.93. The van der Waals surface area contributed by atoms with E-state index >= 15 is 0 Å². The van der Waals surface area contributed by atoms with Crippen LogP contribution in [0.5, 0.6) is 0 Å². The van der Waals surface area contributed by atoms with Crippen molar-refractivity contribution >= 4 is 17.7 Å². The molecule has 1 fully saturated rings. The monoisotopic (exact) mass is 344 g/mol. The van der Waals surface area contributed by atoms with Gasteiger partial charge in [0.05, 0.1) is 12.1 Å². The van der Waals surface area contributed by atoms with E-state index in [1.807, 2.05) is 11.8 Å². The van der Waals surface area contributed by atoms with Crippen molar-refractivity contribution in [2.24, 2.45) is 4.99 Å². The van der Waals surface area contributed by atoms with E-state index in [1.54, 1.807) is 0 Å². The summed E-state index contributed by atoms with van der Waals surface area (Å²) in [5, 5.41) is 17.0. The van der Waals surface area contributed by atoms with Gasteiger partial charge < -0.3 is 15.7 Å². The first-order valence-electron chi connectivity index (χ1n) is 8.96. The van der Waals surface area contributed by atoms with Gasteiger partial charge >= 0.3 is 0 Å². The standard InChI is InChI=1S/C17H36N4OS/c1-6-18-16(20-12-17(22)8-11-23-13-17)19-9-7-10-21(14(2)3)15(4)5/h14-15,22H,6-13H2,1-5H3,(H2,18,19,20). The normalized spacial score (nSPS) is 22.4. The number of aliphatic imine (C=N–C) groups is 1. The van der Waals surface area contributed by atoms with Crippen LogP contribution in [0.1, 0.15) is 47.5 Å². The summed E-state index contributed by atoms with van der Waals surface area (Å²) in [7, 11) is 0. The van der Waals surface area contributed by atoms with Gasteiger partial charge in [-0.3, -0.25) is 9.89 Å². The minimum absolute atomic E-state index is 0.486. The van der Waals surface area contributed by atoms with Gasteiger partial charge in [0.15, 0.2) is 5.96 Å². The molecule has 1 aliphatic rings. The zero-order valence-electron chi connectivity index (χ0n) is 15.6. The summed E-state index contributed by atoms with van der Waals surface area (Å²) < 4.78 is 0. The predicted molar refractivity (Wildman–Crippen MR) is 102 cm³/mol. The first kappa shape index (κ1) is 20.6. The van der Waals surface area contributed by atoms with Gasteiger partial charge in [-0.25, -0.2) is 0 Å². The van der Waals surface area contributed by atoms with E-state index in [-0.39, 0.29) is 0 Å².